The summed E-state index contributed by atoms with van der Waals surface area (Å²) in [5, 5.41) is 9.16. The molecule has 0 saturated heterocycles. The summed E-state index contributed by atoms with van der Waals surface area (Å²) in [4.78, 5) is 10.6. The second-order valence-electron chi connectivity index (χ2n) is 4.35. The van der Waals surface area contributed by atoms with E-state index in [9.17, 15) is 0 Å². The number of hydrogen-bond acceptors (Lipinski definition) is 6. The van der Waals surface area contributed by atoms with Crippen LogP contribution in [0.4, 0.5) is 11.8 Å². The summed E-state index contributed by atoms with van der Waals surface area (Å²) in [5.41, 5.74) is 3.46. The fourth-order valence-electron chi connectivity index (χ4n) is 2.06. The maximum Gasteiger partial charge on any atom is 0.239 e. The van der Waals surface area contributed by atoms with Crippen molar-refractivity contribution in [1.82, 2.24) is 9.97 Å². The van der Waals surface area contributed by atoms with E-state index in [4.69, 9.17) is 10.9 Å². The summed E-state index contributed by atoms with van der Waals surface area (Å²) < 4.78 is 0. The summed E-state index contributed by atoms with van der Waals surface area (Å²) in [6.45, 7) is 2.70. The van der Waals surface area contributed by atoms with Crippen LogP contribution in [-0.4, -0.2) is 34.3 Å². The number of aliphatic hydroxyl groups is 1. The topological polar surface area (TPSA) is 87.3 Å². The number of aromatic nitrogens is 2. The third-order valence-electron chi connectivity index (χ3n) is 3.20. The molecule has 1 saturated carbocycles. The largest absolute Gasteiger partial charge is 0.395 e. The molecule has 0 unspecified atom stereocenters. The molecule has 1 aromatic rings. The standard InChI is InChI=1S/C11H19N5O/c1-8-7-13-11(15-12)14-10(8)16(5-6-17)9-3-2-4-9/h7,9,17H,2-6,12H2,1H3,(H,13,14,15). The molecule has 94 valence electrons. The average molecular weight is 237 g/mol. The lowest BCUT2D eigenvalue weighted by Crippen LogP contribution is -2.43. The van der Waals surface area contributed by atoms with Gasteiger partial charge in [0, 0.05) is 24.3 Å². The van der Waals surface area contributed by atoms with Gasteiger partial charge in [-0.15, -0.1) is 0 Å². The monoisotopic (exact) mass is 237 g/mol. The summed E-state index contributed by atoms with van der Waals surface area (Å²) >= 11 is 0. The Balaban J connectivity index is 2.26. The lowest BCUT2D eigenvalue weighted by Gasteiger charge is -2.38. The van der Waals surface area contributed by atoms with E-state index in [-0.39, 0.29) is 6.61 Å². The summed E-state index contributed by atoms with van der Waals surface area (Å²) in [5.74, 6) is 6.60. The maximum absolute atomic E-state index is 9.16. The highest BCUT2D eigenvalue weighted by Crippen LogP contribution is 2.30. The Bertz CT molecular complexity index is 380. The van der Waals surface area contributed by atoms with Crippen LogP contribution in [0.3, 0.4) is 0 Å². The molecule has 2 rings (SSSR count). The van der Waals surface area contributed by atoms with Crippen molar-refractivity contribution in [3.8, 4) is 0 Å². The van der Waals surface area contributed by atoms with Gasteiger partial charge in [0.15, 0.2) is 0 Å². The van der Waals surface area contributed by atoms with Crippen molar-refractivity contribution in [2.45, 2.75) is 32.2 Å². The zero-order valence-corrected chi connectivity index (χ0v) is 10.1. The van der Waals surface area contributed by atoms with Crippen molar-refractivity contribution in [1.29, 1.82) is 0 Å². The molecule has 6 heteroatoms. The van der Waals surface area contributed by atoms with Crippen LogP contribution >= 0.6 is 0 Å². The van der Waals surface area contributed by atoms with Crippen molar-refractivity contribution >= 4 is 11.8 Å². The van der Waals surface area contributed by atoms with Gasteiger partial charge in [-0.05, 0) is 26.2 Å². The number of aliphatic hydroxyl groups excluding tert-OH is 1. The van der Waals surface area contributed by atoms with E-state index in [1.165, 1.54) is 6.42 Å². The predicted octanol–water partition coefficient (Wildman–Crippen LogP) is 0.422. The normalized spacial score (nSPS) is 15.5. The first-order valence-corrected chi connectivity index (χ1v) is 5.94. The number of anilines is 2. The molecule has 0 aromatic carbocycles. The minimum Gasteiger partial charge on any atom is -0.395 e. The molecule has 0 aliphatic heterocycles. The van der Waals surface area contributed by atoms with Crippen LogP contribution in [0, 0.1) is 6.92 Å². The lowest BCUT2D eigenvalue weighted by molar-refractivity contribution is 0.283. The fraction of sp³-hybridized carbons (Fsp3) is 0.636. The number of rotatable bonds is 5. The SMILES string of the molecule is Cc1cnc(NN)nc1N(CCO)C1CCC1. The smallest absolute Gasteiger partial charge is 0.239 e. The zero-order valence-electron chi connectivity index (χ0n) is 10.1. The molecule has 1 aliphatic rings. The number of nitrogen functional groups attached to an aromatic ring is 1. The summed E-state index contributed by atoms with van der Waals surface area (Å²) in [6, 6.07) is 0.487. The quantitative estimate of drug-likeness (QED) is 0.508. The highest BCUT2D eigenvalue weighted by Gasteiger charge is 2.26. The van der Waals surface area contributed by atoms with E-state index < -0.39 is 0 Å². The van der Waals surface area contributed by atoms with Crippen LogP contribution in [0.5, 0.6) is 0 Å². The van der Waals surface area contributed by atoms with Gasteiger partial charge < -0.3 is 10.0 Å². The van der Waals surface area contributed by atoms with E-state index in [0.717, 1.165) is 24.2 Å². The van der Waals surface area contributed by atoms with E-state index in [1.54, 1.807) is 6.20 Å². The molecule has 0 amide bonds. The summed E-state index contributed by atoms with van der Waals surface area (Å²) in [6.07, 6.45) is 5.32. The Kier molecular flexibility index (Phi) is 3.75. The Hall–Kier alpha value is -1.40. The highest BCUT2D eigenvalue weighted by atomic mass is 16.3. The molecule has 1 aliphatic carbocycles. The number of hydrazine groups is 1. The van der Waals surface area contributed by atoms with Crippen molar-refractivity contribution in [2.24, 2.45) is 5.84 Å². The van der Waals surface area contributed by atoms with E-state index in [0.29, 0.717) is 18.5 Å². The van der Waals surface area contributed by atoms with Gasteiger partial charge in [0.2, 0.25) is 5.95 Å². The van der Waals surface area contributed by atoms with Gasteiger partial charge in [-0.3, -0.25) is 5.43 Å². The molecule has 17 heavy (non-hydrogen) atoms. The third kappa shape index (κ3) is 2.48. The molecule has 4 N–H and O–H groups in total. The van der Waals surface area contributed by atoms with Gasteiger partial charge in [-0.25, -0.2) is 10.8 Å². The Morgan fingerprint density at radius 2 is 2.35 bits per heavy atom. The van der Waals surface area contributed by atoms with Gasteiger partial charge in [0.05, 0.1) is 6.61 Å². The van der Waals surface area contributed by atoms with Crippen molar-refractivity contribution in [3.05, 3.63) is 11.8 Å². The second-order valence-corrected chi connectivity index (χ2v) is 4.35. The van der Waals surface area contributed by atoms with Gasteiger partial charge in [0.1, 0.15) is 5.82 Å². The number of hydrogen-bond donors (Lipinski definition) is 3. The first-order chi connectivity index (χ1) is 8.26. The molecular weight excluding hydrogens is 218 g/mol. The van der Waals surface area contributed by atoms with Gasteiger partial charge in [-0.1, -0.05) is 0 Å². The van der Waals surface area contributed by atoms with Crippen molar-refractivity contribution in [2.75, 3.05) is 23.5 Å². The van der Waals surface area contributed by atoms with Gasteiger partial charge in [0.25, 0.3) is 0 Å². The predicted molar refractivity (Wildman–Crippen MR) is 66.6 cm³/mol. The molecule has 0 atom stereocenters. The lowest BCUT2D eigenvalue weighted by atomic mass is 9.91. The average Bonchev–Trinajstić information content (AvgIpc) is 2.27. The van der Waals surface area contributed by atoms with Gasteiger partial charge in [-0.2, -0.15) is 4.98 Å². The number of nitrogens with one attached hydrogen (secondary N) is 1. The van der Waals surface area contributed by atoms with Crippen LogP contribution in [0.2, 0.25) is 0 Å². The second kappa shape index (κ2) is 5.29. The highest BCUT2D eigenvalue weighted by molar-refractivity contribution is 5.50. The van der Waals surface area contributed by atoms with Crippen LogP contribution in [0.25, 0.3) is 0 Å². The number of nitrogens with two attached hydrogens (primary N) is 1. The molecule has 0 bridgehead atoms. The van der Waals surface area contributed by atoms with E-state index >= 15 is 0 Å². The van der Waals surface area contributed by atoms with Crippen molar-refractivity contribution in [3.63, 3.8) is 0 Å². The van der Waals surface area contributed by atoms with E-state index in [1.807, 2.05) is 6.92 Å². The summed E-state index contributed by atoms with van der Waals surface area (Å²) in [7, 11) is 0. The van der Waals surface area contributed by atoms with E-state index in [2.05, 4.69) is 20.3 Å². The van der Waals surface area contributed by atoms with Crippen LogP contribution < -0.4 is 16.2 Å². The maximum atomic E-state index is 9.16. The zero-order chi connectivity index (χ0) is 12.3. The Morgan fingerprint density at radius 1 is 1.59 bits per heavy atom. The fourth-order valence-corrected chi connectivity index (χ4v) is 2.06. The molecule has 1 aromatic heterocycles. The van der Waals surface area contributed by atoms with Gasteiger partial charge >= 0.3 is 0 Å². The number of aryl methyl sites for hydroxylation is 1. The minimum absolute atomic E-state index is 0.130. The van der Waals surface area contributed by atoms with Crippen LogP contribution in [0.1, 0.15) is 24.8 Å². The Morgan fingerprint density at radius 3 is 2.88 bits per heavy atom. The third-order valence-corrected chi connectivity index (χ3v) is 3.20. The molecule has 0 spiro atoms. The Labute approximate surface area is 101 Å². The molecule has 1 heterocycles. The van der Waals surface area contributed by atoms with Crippen LogP contribution in [0.15, 0.2) is 6.20 Å². The first-order valence-electron chi connectivity index (χ1n) is 5.94. The number of nitrogens with zero attached hydrogens (tertiary/aromatic N) is 3. The first kappa shape index (κ1) is 12.1. The van der Waals surface area contributed by atoms with Crippen molar-refractivity contribution < 1.29 is 5.11 Å². The molecule has 6 nitrogen and oxygen atoms in total. The minimum atomic E-state index is 0.130. The molecular formula is C11H19N5O. The van der Waals surface area contributed by atoms with Crippen LogP contribution in [-0.2, 0) is 0 Å². The molecule has 0 radical (unpaired) electrons. The molecule has 1 fully saturated rings.